The van der Waals surface area contributed by atoms with Crippen LogP contribution in [0.25, 0.3) is 0 Å². The Morgan fingerprint density at radius 3 is 2.30 bits per heavy atom. The third-order valence-electron chi connectivity index (χ3n) is 5.51. The Balaban J connectivity index is 1.52. The van der Waals surface area contributed by atoms with Gasteiger partial charge in [0.2, 0.25) is 11.8 Å². The van der Waals surface area contributed by atoms with Gasteiger partial charge in [0.15, 0.2) is 0 Å². The lowest BCUT2D eigenvalue weighted by Gasteiger charge is -2.36. The molecule has 2 aromatic rings. The summed E-state index contributed by atoms with van der Waals surface area (Å²) in [5.74, 6) is 0.357. The summed E-state index contributed by atoms with van der Waals surface area (Å²) < 4.78 is 0. The summed E-state index contributed by atoms with van der Waals surface area (Å²) >= 11 is 5.87. The highest BCUT2D eigenvalue weighted by molar-refractivity contribution is 6.20. The van der Waals surface area contributed by atoms with Crippen LogP contribution in [0.3, 0.4) is 0 Å². The molecule has 3 rings (SSSR count). The van der Waals surface area contributed by atoms with Gasteiger partial charge in [-0.2, -0.15) is 0 Å². The Morgan fingerprint density at radius 1 is 1.03 bits per heavy atom. The van der Waals surface area contributed by atoms with Crippen LogP contribution in [0, 0.1) is 12.3 Å². The van der Waals surface area contributed by atoms with Crippen LogP contribution >= 0.6 is 11.6 Å². The van der Waals surface area contributed by atoms with Gasteiger partial charge in [0.05, 0.1) is 11.8 Å². The van der Waals surface area contributed by atoms with Crippen molar-refractivity contribution in [2.45, 2.75) is 27.2 Å². The number of benzene rings is 2. The van der Waals surface area contributed by atoms with Gasteiger partial charge >= 0.3 is 0 Å². The molecule has 2 amide bonds. The normalized spacial score (nSPS) is 14.5. The van der Waals surface area contributed by atoms with Crippen LogP contribution in [0.2, 0.25) is 0 Å². The first kappa shape index (κ1) is 22.2. The smallest absolute Gasteiger partial charge is 0.231 e. The number of aryl methyl sites for hydroxylation is 1. The molecule has 1 heterocycles. The fourth-order valence-electron chi connectivity index (χ4n) is 3.44. The highest BCUT2D eigenvalue weighted by atomic mass is 35.5. The molecule has 0 aromatic heterocycles. The zero-order chi connectivity index (χ0) is 21.7. The van der Waals surface area contributed by atoms with Crippen molar-refractivity contribution >= 4 is 34.8 Å². The van der Waals surface area contributed by atoms with E-state index in [0.29, 0.717) is 19.5 Å². The molecule has 0 radical (unpaired) electrons. The van der Waals surface area contributed by atoms with E-state index in [1.54, 1.807) is 0 Å². The van der Waals surface area contributed by atoms with Crippen molar-refractivity contribution in [2.75, 3.05) is 42.3 Å². The number of rotatable bonds is 6. The molecule has 30 heavy (non-hydrogen) atoms. The summed E-state index contributed by atoms with van der Waals surface area (Å²) in [6.45, 7) is 8.71. The van der Waals surface area contributed by atoms with E-state index in [1.807, 2.05) is 68.1 Å². The van der Waals surface area contributed by atoms with E-state index in [0.717, 1.165) is 30.0 Å². The molecule has 5 nitrogen and oxygen atoms in total. The van der Waals surface area contributed by atoms with Gasteiger partial charge < -0.3 is 15.1 Å². The largest absolute Gasteiger partial charge is 0.368 e. The molecule has 0 spiro atoms. The minimum atomic E-state index is -0.610. The topological polar surface area (TPSA) is 52.7 Å². The first-order valence-electron chi connectivity index (χ1n) is 10.3. The molecule has 2 aromatic carbocycles. The highest BCUT2D eigenvalue weighted by Gasteiger charge is 2.26. The van der Waals surface area contributed by atoms with Crippen molar-refractivity contribution in [3.8, 4) is 0 Å². The fraction of sp³-hybridized carbons (Fsp3) is 0.417. The van der Waals surface area contributed by atoms with E-state index in [2.05, 4.69) is 16.3 Å². The molecule has 0 aliphatic carbocycles. The Hall–Kier alpha value is -2.53. The SMILES string of the molecule is Cc1cccc(CC(=O)N2CCN(c3ccc(NC(=O)C(C)(C)CCl)cc3)CC2)c1. The number of carbonyl (C=O) groups excluding carboxylic acids is 2. The van der Waals surface area contributed by atoms with Crippen LogP contribution in [-0.4, -0.2) is 48.8 Å². The monoisotopic (exact) mass is 427 g/mol. The van der Waals surface area contributed by atoms with Crippen LogP contribution in [0.15, 0.2) is 48.5 Å². The molecule has 1 saturated heterocycles. The Kier molecular flexibility index (Phi) is 7.03. The number of carbonyl (C=O) groups is 2. The lowest BCUT2D eigenvalue weighted by atomic mass is 9.95. The van der Waals surface area contributed by atoms with E-state index in [1.165, 1.54) is 5.56 Å². The van der Waals surface area contributed by atoms with E-state index in [9.17, 15) is 9.59 Å². The van der Waals surface area contributed by atoms with Crippen molar-refractivity contribution in [1.82, 2.24) is 4.90 Å². The van der Waals surface area contributed by atoms with Crippen LogP contribution in [0.5, 0.6) is 0 Å². The minimum Gasteiger partial charge on any atom is -0.368 e. The van der Waals surface area contributed by atoms with Gasteiger partial charge in [-0.15, -0.1) is 11.6 Å². The summed E-state index contributed by atoms with van der Waals surface area (Å²) in [7, 11) is 0. The van der Waals surface area contributed by atoms with Gasteiger partial charge in [-0.1, -0.05) is 29.8 Å². The minimum absolute atomic E-state index is 0.0917. The Labute approximate surface area is 184 Å². The molecule has 6 heteroatoms. The molecular formula is C24H30ClN3O2. The standard InChI is InChI=1S/C24H30ClN3O2/c1-18-5-4-6-19(15-18)16-22(29)28-13-11-27(12-14-28)21-9-7-20(8-10-21)26-23(30)24(2,3)17-25/h4-10,15H,11-14,16-17H2,1-3H3,(H,26,30). The maximum Gasteiger partial charge on any atom is 0.231 e. The third-order valence-corrected chi connectivity index (χ3v) is 6.18. The molecule has 1 aliphatic rings. The maximum absolute atomic E-state index is 12.6. The quantitative estimate of drug-likeness (QED) is 0.706. The van der Waals surface area contributed by atoms with E-state index >= 15 is 0 Å². The molecule has 0 unspecified atom stereocenters. The van der Waals surface area contributed by atoms with Gasteiger partial charge in [0, 0.05) is 43.4 Å². The number of amides is 2. The molecule has 1 aliphatic heterocycles. The maximum atomic E-state index is 12.6. The van der Waals surface area contributed by atoms with Crippen molar-refractivity contribution < 1.29 is 9.59 Å². The zero-order valence-corrected chi connectivity index (χ0v) is 18.7. The lowest BCUT2D eigenvalue weighted by Crippen LogP contribution is -2.49. The summed E-state index contributed by atoms with van der Waals surface area (Å²) in [6.07, 6.45) is 0.453. The second kappa shape index (κ2) is 9.52. The van der Waals surface area contributed by atoms with Crippen molar-refractivity contribution in [1.29, 1.82) is 0 Å². The van der Waals surface area contributed by atoms with Crippen LogP contribution < -0.4 is 10.2 Å². The lowest BCUT2D eigenvalue weighted by molar-refractivity contribution is -0.130. The second-order valence-electron chi connectivity index (χ2n) is 8.55. The summed E-state index contributed by atoms with van der Waals surface area (Å²) in [4.78, 5) is 29.1. The van der Waals surface area contributed by atoms with Crippen molar-refractivity contribution in [2.24, 2.45) is 5.41 Å². The average molecular weight is 428 g/mol. The predicted molar refractivity (Wildman–Crippen MR) is 123 cm³/mol. The van der Waals surface area contributed by atoms with Gasteiger partial charge in [0.25, 0.3) is 0 Å². The summed E-state index contributed by atoms with van der Waals surface area (Å²) in [6, 6.07) is 16.0. The van der Waals surface area contributed by atoms with Crippen molar-refractivity contribution in [3.63, 3.8) is 0 Å². The van der Waals surface area contributed by atoms with Gasteiger partial charge in [-0.05, 0) is 50.6 Å². The van der Waals surface area contributed by atoms with Gasteiger partial charge in [0.1, 0.15) is 0 Å². The van der Waals surface area contributed by atoms with Crippen molar-refractivity contribution in [3.05, 3.63) is 59.7 Å². The van der Waals surface area contributed by atoms with Gasteiger partial charge in [-0.3, -0.25) is 9.59 Å². The van der Waals surface area contributed by atoms with Crippen LogP contribution in [0.1, 0.15) is 25.0 Å². The van der Waals surface area contributed by atoms with E-state index in [4.69, 9.17) is 11.6 Å². The third kappa shape index (κ3) is 5.54. The first-order chi connectivity index (χ1) is 14.3. The fourth-order valence-corrected chi connectivity index (χ4v) is 3.56. The number of nitrogens with zero attached hydrogens (tertiary/aromatic N) is 2. The number of piperazine rings is 1. The second-order valence-corrected chi connectivity index (χ2v) is 8.82. The highest BCUT2D eigenvalue weighted by Crippen LogP contribution is 2.23. The van der Waals surface area contributed by atoms with Crippen LogP contribution in [0.4, 0.5) is 11.4 Å². The molecule has 0 atom stereocenters. The number of hydrogen-bond donors (Lipinski definition) is 1. The molecule has 0 bridgehead atoms. The summed E-state index contributed by atoms with van der Waals surface area (Å²) in [5.41, 5.74) is 3.49. The number of hydrogen-bond acceptors (Lipinski definition) is 3. The first-order valence-corrected chi connectivity index (χ1v) is 10.9. The number of alkyl halides is 1. The molecule has 1 fully saturated rings. The van der Waals surface area contributed by atoms with E-state index in [-0.39, 0.29) is 17.7 Å². The number of anilines is 2. The zero-order valence-electron chi connectivity index (χ0n) is 18.0. The average Bonchev–Trinajstić information content (AvgIpc) is 2.74. The van der Waals surface area contributed by atoms with Gasteiger partial charge in [-0.25, -0.2) is 0 Å². The Morgan fingerprint density at radius 2 is 1.70 bits per heavy atom. The van der Waals surface area contributed by atoms with Crippen LogP contribution in [-0.2, 0) is 16.0 Å². The molecule has 160 valence electrons. The molecule has 0 saturated carbocycles. The number of halogens is 1. The summed E-state index contributed by atoms with van der Waals surface area (Å²) in [5, 5.41) is 2.92. The molecular weight excluding hydrogens is 398 g/mol. The molecule has 1 N–H and O–H groups in total. The van der Waals surface area contributed by atoms with E-state index < -0.39 is 5.41 Å². The Bertz CT molecular complexity index is 888. The number of nitrogens with one attached hydrogen (secondary N) is 1. The predicted octanol–water partition coefficient (Wildman–Crippen LogP) is 4.09.